The van der Waals surface area contributed by atoms with Crippen LogP contribution in [0.15, 0.2) is 39.0 Å². The van der Waals surface area contributed by atoms with E-state index in [4.69, 9.17) is 0 Å². The van der Waals surface area contributed by atoms with Gasteiger partial charge in [-0.05, 0) is 6.07 Å². The molecule has 0 bridgehead atoms. The molecule has 16 heavy (non-hydrogen) atoms. The first-order valence-corrected chi connectivity index (χ1v) is 5.87. The summed E-state index contributed by atoms with van der Waals surface area (Å²) in [6.45, 7) is 0. The first kappa shape index (κ1) is 11.0. The topological polar surface area (TPSA) is 56.0 Å². The van der Waals surface area contributed by atoms with Gasteiger partial charge in [0, 0.05) is 22.5 Å². The Morgan fingerprint density at radius 2 is 2.25 bits per heavy atom. The standard InChI is InChI=1S/C9H5FN2O2S2/c10-6-3-7(12(13)14)5-8(4-6)16-9-11-1-2-15-9/h1-5H. The van der Waals surface area contributed by atoms with E-state index in [-0.39, 0.29) is 5.69 Å². The Balaban J connectivity index is 2.31. The van der Waals surface area contributed by atoms with Crippen molar-refractivity contribution in [3.63, 3.8) is 0 Å². The second-order valence-electron chi connectivity index (χ2n) is 2.80. The van der Waals surface area contributed by atoms with Gasteiger partial charge in [-0.1, -0.05) is 11.8 Å². The number of hydrogen-bond donors (Lipinski definition) is 0. The Morgan fingerprint density at radius 3 is 2.88 bits per heavy atom. The molecule has 82 valence electrons. The van der Waals surface area contributed by atoms with Gasteiger partial charge in [0.05, 0.1) is 11.0 Å². The second kappa shape index (κ2) is 4.58. The van der Waals surface area contributed by atoms with E-state index < -0.39 is 10.7 Å². The summed E-state index contributed by atoms with van der Waals surface area (Å²) >= 11 is 2.60. The molecule has 2 rings (SSSR count). The van der Waals surface area contributed by atoms with E-state index in [0.29, 0.717) is 4.90 Å². The Kier molecular flexibility index (Phi) is 3.16. The SMILES string of the molecule is O=[N+]([O-])c1cc(F)cc(Sc2nccs2)c1. The van der Waals surface area contributed by atoms with Gasteiger partial charge < -0.3 is 0 Å². The van der Waals surface area contributed by atoms with Gasteiger partial charge in [0.15, 0.2) is 4.34 Å². The van der Waals surface area contributed by atoms with Crippen molar-refractivity contribution in [1.29, 1.82) is 0 Å². The van der Waals surface area contributed by atoms with Crippen molar-refractivity contribution in [3.05, 3.63) is 45.7 Å². The number of nitro benzene ring substituents is 1. The minimum atomic E-state index is -0.617. The minimum absolute atomic E-state index is 0.251. The lowest BCUT2D eigenvalue weighted by atomic mass is 10.3. The van der Waals surface area contributed by atoms with Crippen molar-refractivity contribution in [2.24, 2.45) is 0 Å². The highest BCUT2D eigenvalue weighted by molar-refractivity contribution is 8.01. The molecule has 0 amide bonds. The zero-order valence-corrected chi connectivity index (χ0v) is 9.43. The largest absolute Gasteiger partial charge is 0.273 e. The van der Waals surface area contributed by atoms with Gasteiger partial charge in [0.2, 0.25) is 0 Å². The van der Waals surface area contributed by atoms with Crippen LogP contribution in [0.2, 0.25) is 0 Å². The summed E-state index contributed by atoms with van der Waals surface area (Å²) in [7, 11) is 0. The molecule has 0 unspecified atom stereocenters. The van der Waals surface area contributed by atoms with Crippen LogP contribution >= 0.6 is 23.1 Å². The van der Waals surface area contributed by atoms with E-state index in [1.165, 1.54) is 35.2 Å². The fourth-order valence-electron chi connectivity index (χ4n) is 1.07. The Labute approximate surface area is 98.3 Å². The van der Waals surface area contributed by atoms with Crippen molar-refractivity contribution < 1.29 is 9.31 Å². The van der Waals surface area contributed by atoms with E-state index in [2.05, 4.69) is 4.98 Å². The summed E-state index contributed by atoms with van der Waals surface area (Å²) in [5.74, 6) is -0.617. The zero-order valence-electron chi connectivity index (χ0n) is 7.79. The monoisotopic (exact) mass is 256 g/mol. The molecule has 1 aromatic heterocycles. The molecule has 0 atom stereocenters. The lowest BCUT2D eigenvalue weighted by Crippen LogP contribution is -1.89. The number of aromatic nitrogens is 1. The number of hydrogen-bond acceptors (Lipinski definition) is 5. The van der Waals surface area contributed by atoms with Gasteiger partial charge in [-0.2, -0.15) is 0 Å². The fourth-order valence-corrected chi connectivity index (χ4v) is 2.75. The molecule has 0 aliphatic rings. The summed E-state index contributed by atoms with van der Waals surface area (Å²) in [6.07, 6.45) is 1.63. The Hall–Kier alpha value is -1.47. The van der Waals surface area contributed by atoms with E-state index in [0.717, 1.165) is 10.4 Å². The lowest BCUT2D eigenvalue weighted by molar-refractivity contribution is -0.385. The predicted molar refractivity (Wildman–Crippen MR) is 59.3 cm³/mol. The Bertz CT molecular complexity index is 516. The molecule has 0 N–H and O–H groups in total. The molecule has 4 nitrogen and oxygen atoms in total. The van der Waals surface area contributed by atoms with Crippen LogP contribution in [0.5, 0.6) is 0 Å². The highest BCUT2D eigenvalue weighted by atomic mass is 32.2. The second-order valence-corrected chi connectivity index (χ2v) is 5.02. The van der Waals surface area contributed by atoms with Crippen LogP contribution in [0.4, 0.5) is 10.1 Å². The summed E-state index contributed by atoms with van der Waals surface area (Å²) in [5.41, 5.74) is -0.251. The summed E-state index contributed by atoms with van der Waals surface area (Å²) in [4.78, 5) is 14.4. The van der Waals surface area contributed by atoms with Crippen LogP contribution in [0.25, 0.3) is 0 Å². The van der Waals surface area contributed by atoms with Crippen molar-refractivity contribution in [2.75, 3.05) is 0 Å². The predicted octanol–water partition coefficient (Wildman–Crippen LogP) is 3.34. The first-order valence-electron chi connectivity index (χ1n) is 4.17. The molecule has 1 heterocycles. The van der Waals surface area contributed by atoms with Crippen molar-refractivity contribution in [1.82, 2.24) is 4.98 Å². The lowest BCUT2D eigenvalue weighted by Gasteiger charge is -1.98. The van der Waals surface area contributed by atoms with Crippen LogP contribution in [0, 0.1) is 15.9 Å². The normalized spacial score (nSPS) is 10.3. The maximum Gasteiger partial charge on any atom is 0.273 e. The number of halogens is 1. The number of rotatable bonds is 3. The minimum Gasteiger partial charge on any atom is -0.258 e. The third-order valence-corrected chi connectivity index (χ3v) is 3.54. The first-order chi connectivity index (χ1) is 7.65. The fraction of sp³-hybridized carbons (Fsp3) is 0. The van der Waals surface area contributed by atoms with Gasteiger partial charge in [-0.3, -0.25) is 10.1 Å². The van der Waals surface area contributed by atoms with Crippen LogP contribution in [0.3, 0.4) is 0 Å². The smallest absolute Gasteiger partial charge is 0.258 e. The maximum atomic E-state index is 13.1. The van der Waals surface area contributed by atoms with Gasteiger partial charge in [-0.25, -0.2) is 9.37 Å². The quantitative estimate of drug-likeness (QED) is 0.624. The average Bonchev–Trinajstić information content (AvgIpc) is 2.69. The maximum absolute atomic E-state index is 13.1. The molecule has 0 saturated carbocycles. The van der Waals surface area contributed by atoms with Crippen LogP contribution in [0.1, 0.15) is 0 Å². The van der Waals surface area contributed by atoms with Crippen molar-refractivity contribution in [3.8, 4) is 0 Å². The third-order valence-electron chi connectivity index (χ3n) is 1.68. The highest BCUT2D eigenvalue weighted by Gasteiger charge is 2.11. The molecular formula is C9H5FN2O2S2. The van der Waals surface area contributed by atoms with E-state index in [9.17, 15) is 14.5 Å². The molecule has 0 fully saturated rings. The number of nitro groups is 1. The zero-order chi connectivity index (χ0) is 11.5. The summed E-state index contributed by atoms with van der Waals surface area (Å²) in [5, 5.41) is 12.3. The number of thiazole rings is 1. The third kappa shape index (κ3) is 2.56. The molecule has 2 aromatic rings. The van der Waals surface area contributed by atoms with Crippen LogP contribution < -0.4 is 0 Å². The number of benzene rings is 1. The Morgan fingerprint density at radius 1 is 1.44 bits per heavy atom. The van der Waals surface area contributed by atoms with Gasteiger partial charge in [0.25, 0.3) is 5.69 Å². The molecule has 0 spiro atoms. The number of non-ortho nitro benzene ring substituents is 1. The average molecular weight is 256 g/mol. The molecular weight excluding hydrogens is 251 g/mol. The molecule has 1 aromatic carbocycles. The molecule has 0 saturated heterocycles. The van der Waals surface area contributed by atoms with E-state index in [1.807, 2.05) is 0 Å². The van der Waals surface area contributed by atoms with Gasteiger partial charge >= 0.3 is 0 Å². The van der Waals surface area contributed by atoms with E-state index >= 15 is 0 Å². The molecule has 7 heteroatoms. The molecule has 0 aliphatic heterocycles. The summed E-state index contributed by atoms with van der Waals surface area (Å²) in [6, 6.07) is 3.47. The summed E-state index contributed by atoms with van der Waals surface area (Å²) < 4.78 is 13.8. The van der Waals surface area contributed by atoms with Crippen LogP contribution in [-0.2, 0) is 0 Å². The molecule has 0 radical (unpaired) electrons. The van der Waals surface area contributed by atoms with E-state index in [1.54, 1.807) is 11.6 Å². The molecule has 0 aliphatic carbocycles. The number of nitrogens with zero attached hydrogens (tertiary/aromatic N) is 2. The van der Waals surface area contributed by atoms with Gasteiger partial charge in [0.1, 0.15) is 5.82 Å². The van der Waals surface area contributed by atoms with Crippen LogP contribution in [-0.4, -0.2) is 9.91 Å². The highest BCUT2D eigenvalue weighted by Crippen LogP contribution is 2.31. The van der Waals surface area contributed by atoms with Crippen molar-refractivity contribution in [2.45, 2.75) is 9.24 Å². The van der Waals surface area contributed by atoms with Gasteiger partial charge in [-0.15, -0.1) is 11.3 Å². The van der Waals surface area contributed by atoms with Crippen molar-refractivity contribution >= 4 is 28.8 Å².